The van der Waals surface area contributed by atoms with Crippen LogP contribution in [-0.4, -0.2) is 58.1 Å². The highest BCUT2D eigenvalue weighted by Gasteiger charge is 2.49. The van der Waals surface area contributed by atoms with E-state index in [1.807, 2.05) is 13.8 Å². The van der Waals surface area contributed by atoms with Crippen LogP contribution in [0.15, 0.2) is 22.6 Å². The molecule has 0 N–H and O–H groups in total. The molecule has 5 atom stereocenters. The van der Waals surface area contributed by atoms with E-state index < -0.39 is 27.8 Å². The van der Waals surface area contributed by atoms with E-state index in [0.717, 1.165) is 55.6 Å². The Kier molecular flexibility index (Phi) is 17.3. The lowest BCUT2D eigenvalue weighted by atomic mass is 9.70. The molecule has 1 saturated heterocycles. The Balaban J connectivity index is 2.32. The SMILES string of the molecule is CCC[C@@H](C(=O)C(C)(C)C1CCOC(C)(C)O1)[C@@H](O[Si](C)(C)C(C)(C)C)C(C)CCC/C(C)=C\C[C@H](O[Si](C)(C)C(C)(C)C)/C(C)=C/c1csc(C)n1. The number of allylic oxidation sites excluding steroid dienone is 1. The predicted octanol–water partition coefficient (Wildman–Crippen LogP) is 13.3. The van der Waals surface area contributed by atoms with Crippen LogP contribution < -0.4 is 0 Å². The number of ether oxygens (including phenoxy) is 2. The van der Waals surface area contributed by atoms with Gasteiger partial charge in [-0.3, -0.25) is 4.79 Å². The van der Waals surface area contributed by atoms with Crippen LogP contribution in [-0.2, 0) is 23.1 Å². The van der Waals surface area contributed by atoms with Crippen molar-refractivity contribution in [3.8, 4) is 0 Å². The number of aromatic nitrogens is 1. The number of thiazole rings is 1. The first-order chi connectivity index (χ1) is 24.0. The molecule has 6 nitrogen and oxygen atoms in total. The summed E-state index contributed by atoms with van der Waals surface area (Å²) in [5, 5.41) is 3.38. The van der Waals surface area contributed by atoms with Gasteiger partial charge in [0.15, 0.2) is 22.4 Å². The minimum atomic E-state index is -2.18. The Bertz CT molecular complexity index is 1380. The maximum Gasteiger partial charge on any atom is 0.192 e. The average molecular weight is 792 g/mol. The van der Waals surface area contributed by atoms with Gasteiger partial charge in [-0.25, -0.2) is 4.98 Å². The van der Waals surface area contributed by atoms with Crippen molar-refractivity contribution in [2.45, 2.75) is 209 Å². The Morgan fingerprint density at radius 3 is 2.11 bits per heavy atom. The van der Waals surface area contributed by atoms with Crippen molar-refractivity contribution in [1.82, 2.24) is 4.98 Å². The monoisotopic (exact) mass is 792 g/mol. The highest BCUT2D eigenvalue weighted by molar-refractivity contribution is 7.09. The number of carbonyl (C=O) groups is 1. The van der Waals surface area contributed by atoms with E-state index in [2.05, 4.69) is 134 Å². The summed E-state index contributed by atoms with van der Waals surface area (Å²) in [5.74, 6) is -0.364. The lowest BCUT2D eigenvalue weighted by Gasteiger charge is -2.47. The van der Waals surface area contributed by atoms with E-state index in [-0.39, 0.29) is 46.0 Å². The number of rotatable bonds is 19. The van der Waals surface area contributed by atoms with Gasteiger partial charge in [0.25, 0.3) is 0 Å². The molecule has 1 aromatic heterocycles. The molecule has 0 bridgehead atoms. The molecule has 1 aliphatic rings. The molecule has 2 unspecified atom stereocenters. The number of carbonyl (C=O) groups excluding carboxylic acids is 1. The zero-order valence-corrected chi connectivity index (χ0v) is 40.5. The van der Waals surface area contributed by atoms with Crippen LogP contribution in [0.4, 0.5) is 0 Å². The molecule has 9 heteroatoms. The molecule has 0 amide bonds. The van der Waals surface area contributed by atoms with Crippen LogP contribution >= 0.6 is 11.3 Å². The second kappa shape index (κ2) is 19.0. The maximum absolute atomic E-state index is 14.8. The number of hydrogen-bond acceptors (Lipinski definition) is 7. The van der Waals surface area contributed by atoms with Gasteiger partial charge in [0.05, 0.1) is 41.0 Å². The second-order valence-electron chi connectivity index (χ2n) is 20.2. The summed E-state index contributed by atoms with van der Waals surface area (Å²) in [5.41, 5.74) is 2.99. The normalized spacial score (nSPS) is 20.6. The van der Waals surface area contributed by atoms with Gasteiger partial charge in [-0.1, -0.05) is 87.3 Å². The number of hydrogen-bond donors (Lipinski definition) is 0. The molecule has 2 rings (SSSR count). The summed E-state index contributed by atoms with van der Waals surface area (Å²) in [6.07, 6.45) is 10.7. The molecular weight excluding hydrogens is 711 g/mol. The van der Waals surface area contributed by atoms with E-state index in [1.54, 1.807) is 11.3 Å². The summed E-state index contributed by atoms with van der Waals surface area (Å²) in [6, 6.07) is 0. The van der Waals surface area contributed by atoms with Crippen LogP contribution in [0, 0.1) is 24.2 Å². The van der Waals surface area contributed by atoms with Gasteiger partial charge >= 0.3 is 0 Å². The van der Waals surface area contributed by atoms with E-state index >= 15 is 0 Å². The zero-order valence-electron chi connectivity index (χ0n) is 37.7. The molecule has 1 aromatic rings. The highest BCUT2D eigenvalue weighted by atomic mass is 32.1. The Morgan fingerprint density at radius 2 is 1.60 bits per heavy atom. The summed E-state index contributed by atoms with van der Waals surface area (Å²) in [4.78, 5) is 19.5. The number of aryl methyl sites for hydroxylation is 1. The van der Waals surface area contributed by atoms with Gasteiger partial charge in [-0.2, -0.15) is 0 Å². The van der Waals surface area contributed by atoms with Crippen molar-refractivity contribution in [3.63, 3.8) is 0 Å². The fraction of sp³-hybridized carbons (Fsp3) is 0.818. The largest absolute Gasteiger partial charge is 0.413 e. The molecule has 0 aromatic carbocycles. The third kappa shape index (κ3) is 13.9. The first-order valence-electron chi connectivity index (χ1n) is 20.5. The second-order valence-corrected chi connectivity index (χ2v) is 30.7. The number of Topliss-reactive ketones (excluding diaryl/α,β-unsaturated/α-hetero) is 1. The fourth-order valence-electron chi connectivity index (χ4n) is 6.77. The smallest absolute Gasteiger partial charge is 0.192 e. The molecule has 1 fully saturated rings. The van der Waals surface area contributed by atoms with Crippen LogP contribution in [0.5, 0.6) is 0 Å². The first kappa shape index (κ1) is 48.2. The maximum atomic E-state index is 14.8. The van der Waals surface area contributed by atoms with Crippen LogP contribution in [0.2, 0.25) is 36.3 Å². The summed E-state index contributed by atoms with van der Waals surface area (Å²) >= 11 is 1.69. The lowest BCUT2D eigenvalue weighted by Crippen LogP contribution is -2.54. The van der Waals surface area contributed by atoms with Gasteiger partial charge in [0.1, 0.15) is 5.78 Å². The molecule has 1 aliphatic heterocycles. The summed E-state index contributed by atoms with van der Waals surface area (Å²) in [6.45, 7) is 42.9. The highest BCUT2D eigenvalue weighted by Crippen LogP contribution is 2.44. The Labute approximate surface area is 332 Å². The molecule has 0 spiro atoms. The minimum absolute atomic E-state index is 0.0172. The van der Waals surface area contributed by atoms with E-state index in [4.69, 9.17) is 23.3 Å². The summed E-state index contributed by atoms with van der Waals surface area (Å²) in [7, 11) is -4.18. The topological polar surface area (TPSA) is 66.9 Å². The van der Waals surface area contributed by atoms with Crippen LogP contribution in [0.25, 0.3) is 6.08 Å². The molecule has 2 heterocycles. The quantitative estimate of drug-likeness (QED) is 0.103. The third-order valence-electron chi connectivity index (χ3n) is 12.5. The Hall–Kier alpha value is -0.946. The summed E-state index contributed by atoms with van der Waals surface area (Å²) < 4.78 is 26.6. The molecule has 53 heavy (non-hydrogen) atoms. The van der Waals surface area contributed by atoms with Crippen molar-refractivity contribution in [2.75, 3.05) is 6.61 Å². The van der Waals surface area contributed by atoms with E-state index in [1.165, 1.54) is 11.1 Å². The van der Waals surface area contributed by atoms with Crippen molar-refractivity contribution >= 4 is 39.8 Å². The van der Waals surface area contributed by atoms with Crippen LogP contribution in [0.3, 0.4) is 0 Å². The third-order valence-corrected chi connectivity index (χ3v) is 22.3. The zero-order chi connectivity index (χ0) is 40.8. The van der Waals surface area contributed by atoms with Gasteiger partial charge < -0.3 is 18.3 Å². The molecule has 306 valence electrons. The minimum Gasteiger partial charge on any atom is -0.413 e. The number of nitrogens with zero attached hydrogens (tertiary/aromatic N) is 1. The van der Waals surface area contributed by atoms with E-state index in [0.29, 0.717) is 6.61 Å². The molecule has 0 radical (unpaired) electrons. The van der Waals surface area contributed by atoms with Gasteiger partial charge in [0.2, 0.25) is 0 Å². The van der Waals surface area contributed by atoms with Gasteiger partial charge in [-0.15, -0.1) is 11.3 Å². The Morgan fingerprint density at radius 1 is 1.02 bits per heavy atom. The number of ketones is 1. The lowest BCUT2D eigenvalue weighted by molar-refractivity contribution is -0.289. The van der Waals surface area contributed by atoms with Crippen molar-refractivity contribution < 1.29 is 23.1 Å². The van der Waals surface area contributed by atoms with Crippen molar-refractivity contribution in [1.29, 1.82) is 0 Å². The van der Waals surface area contributed by atoms with Crippen molar-refractivity contribution in [2.24, 2.45) is 17.3 Å². The van der Waals surface area contributed by atoms with Crippen LogP contribution in [0.1, 0.15) is 153 Å². The van der Waals surface area contributed by atoms with E-state index in [9.17, 15) is 4.79 Å². The standard InChI is InChI=1S/C44H81NO5SSi2/c1-20-22-36(40(46)43(12,13)38-27-28-47-44(14,15)48-38)39(50-53(18,19)42(9,10)11)32(3)24-21-23-31(2)25-26-37(49-52(16,17)41(6,7)8)33(4)29-35-30-51-34(5)45-35/h25,29-30,32,36-39H,20-24,26-28H2,1-19H3/b31-25-,33-29+/t32?,36-,37+,38?,39+/m1/s1. The fourth-order valence-corrected chi connectivity index (χ4v) is 10.1. The molecule has 0 aliphatic carbocycles. The predicted molar refractivity (Wildman–Crippen MR) is 233 cm³/mol. The molecular formula is C44H81NO5SSi2. The van der Waals surface area contributed by atoms with Gasteiger partial charge in [0, 0.05) is 11.3 Å². The average Bonchev–Trinajstić information content (AvgIpc) is 3.42. The van der Waals surface area contributed by atoms with Crippen molar-refractivity contribution in [3.05, 3.63) is 33.3 Å². The van der Waals surface area contributed by atoms with Gasteiger partial charge in [-0.05, 0) is 127 Å². The first-order valence-corrected chi connectivity index (χ1v) is 27.2. The molecule has 0 saturated carbocycles.